The summed E-state index contributed by atoms with van der Waals surface area (Å²) in [6.07, 6.45) is -4.53. The summed E-state index contributed by atoms with van der Waals surface area (Å²) >= 11 is 0. The molecule has 1 heterocycles. The largest absolute Gasteiger partial charge is 0.431 e. The van der Waals surface area contributed by atoms with Gasteiger partial charge in [0.1, 0.15) is 5.71 Å². The van der Waals surface area contributed by atoms with E-state index in [1.54, 1.807) is 25.1 Å². The molecule has 0 radical (unpaired) electrons. The monoisotopic (exact) mass is 253 g/mol. The van der Waals surface area contributed by atoms with E-state index >= 15 is 0 Å². The van der Waals surface area contributed by atoms with Crippen LogP contribution in [0.15, 0.2) is 29.4 Å². The van der Waals surface area contributed by atoms with Gasteiger partial charge in [0, 0.05) is 6.42 Å². The van der Waals surface area contributed by atoms with Gasteiger partial charge >= 0.3 is 6.18 Å². The number of alkyl halides is 3. The fourth-order valence-electron chi connectivity index (χ4n) is 1.84. The minimum absolute atomic E-state index is 0.139. The molecule has 1 atom stereocenters. The smallest absolute Gasteiger partial charge is 0.262 e. The van der Waals surface area contributed by atoms with E-state index in [-0.39, 0.29) is 12.5 Å². The van der Waals surface area contributed by atoms with Crippen LogP contribution in [0.1, 0.15) is 18.9 Å². The molecular formula is C12H10F3N3. The fourth-order valence-corrected chi connectivity index (χ4v) is 1.84. The lowest BCUT2D eigenvalue weighted by Gasteiger charge is -2.19. The highest BCUT2D eigenvalue weighted by Crippen LogP contribution is 2.31. The Morgan fingerprint density at radius 1 is 1.44 bits per heavy atom. The van der Waals surface area contributed by atoms with E-state index in [1.807, 2.05) is 6.07 Å². The first-order valence-corrected chi connectivity index (χ1v) is 5.36. The van der Waals surface area contributed by atoms with Gasteiger partial charge in [0.15, 0.2) is 0 Å². The Hall–Kier alpha value is -2.03. The average molecular weight is 253 g/mol. The van der Waals surface area contributed by atoms with E-state index in [4.69, 9.17) is 5.26 Å². The van der Waals surface area contributed by atoms with Crippen LogP contribution in [0.5, 0.6) is 0 Å². The Kier molecular flexibility index (Phi) is 2.99. The minimum atomic E-state index is -4.39. The van der Waals surface area contributed by atoms with Gasteiger partial charge < -0.3 is 0 Å². The average Bonchev–Trinajstić information content (AvgIpc) is 2.71. The van der Waals surface area contributed by atoms with Crippen LogP contribution in [-0.4, -0.2) is 17.9 Å². The maximum Gasteiger partial charge on any atom is 0.431 e. The third-order valence-corrected chi connectivity index (χ3v) is 2.70. The van der Waals surface area contributed by atoms with E-state index < -0.39 is 11.9 Å². The summed E-state index contributed by atoms with van der Waals surface area (Å²) in [7, 11) is 0. The molecule has 1 aromatic rings. The van der Waals surface area contributed by atoms with Crippen LogP contribution >= 0.6 is 0 Å². The Morgan fingerprint density at radius 2 is 2.17 bits per heavy atom. The van der Waals surface area contributed by atoms with Gasteiger partial charge in [0.05, 0.1) is 23.4 Å². The highest BCUT2D eigenvalue weighted by molar-refractivity contribution is 5.93. The second-order valence-electron chi connectivity index (χ2n) is 4.10. The van der Waals surface area contributed by atoms with Crippen molar-refractivity contribution in [2.45, 2.75) is 25.6 Å². The molecule has 1 aliphatic heterocycles. The molecule has 0 aromatic heterocycles. The van der Waals surface area contributed by atoms with Gasteiger partial charge in [-0.3, -0.25) is 5.01 Å². The number of nitriles is 1. The zero-order valence-electron chi connectivity index (χ0n) is 9.57. The van der Waals surface area contributed by atoms with Crippen LogP contribution in [0.2, 0.25) is 0 Å². The minimum Gasteiger partial charge on any atom is -0.262 e. The molecule has 1 unspecified atom stereocenters. The molecule has 18 heavy (non-hydrogen) atoms. The lowest BCUT2D eigenvalue weighted by molar-refractivity contribution is -0.0600. The van der Waals surface area contributed by atoms with Gasteiger partial charge in [-0.15, -0.1) is 0 Å². The molecule has 0 N–H and O–H groups in total. The quantitative estimate of drug-likeness (QED) is 0.771. The van der Waals surface area contributed by atoms with Gasteiger partial charge in [0.25, 0.3) is 0 Å². The van der Waals surface area contributed by atoms with Crippen molar-refractivity contribution in [1.82, 2.24) is 0 Å². The topological polar surface area (TPSA) is 39.4 Å². The summed E-state index contributed by atoms with van der Waals surface area (Å²) in [5.41, 5.74) is 0.119. The predicted octanol–water partition coefficient (Wildman–Crippen LogP) is 3.08. The fraction of sp³-hybridized carbons (Fsp3) is 0.333. The Balaban J connectivity index is 2.34. The van der Waals surface area contributed by atoms with Crippen LogP contribution in [0.25, 0.3) is 0 Å². The number of rotatable bonds is 1. The van der Waals surface area contributed by atoms with Gasteiger partial charge in [-0.25, -0.2) is 0 Å². The second-order valence-corrected chi connectivity index (χ2v) is 4.10. The summed E-state index contributed by atoms with van der Waals surface area (Å²) in [6.45, 7) is 1.67. The van der Waals surface area contributed by atoms with E-state index in [9.17, 15) is 13.2 Å². The van der Waals surface area contributed by atoms with Crippen molar-refractivity contribution in [3.63, 3.8) is 0 Å². The van der Waals surface area contributed by atoms with Crippen LogP contribution in [-0.2, 0) is 0 Å². The SMILES string of the molecule is CC1CC(C(F)(F)F)=NN1c1cccc(C#N)c1. The molecule has 0 fully saturated rings. The van der Waals surface area contributed by atoms with Gasteiger partial charge in [0.2, 0.25) is 0 Å². The molecule has 0 saturated carbocycles. The third-order valence-electron chi connectivity index (χ3n) is 2.70. The van der Waals surface area contributed by atoms with Crippen molar-refractivity contribution in [3.05, 3.63) is 29.8 Å². The summed E-state index contributed by atoms with van der Waals surface area (Å²) in [6, 6.07) is 7.97. The van der Waals surface area contributed by atoms with Crippen LogP contribution in [0.3, 0.4) is 0 Å². The van der Waals surface area contributed by atoms with Crippen LogP contribution < -0.4 is 5.01 Å². The summed E-state index contributed by atoms with van der Waals surface area (Å²) in [4.78, 5) is 0. The summed E-state index contributed by atoms with van der Waals surface area (Å²) in [5.74, 6) is 0. The summed E-state index contributed by atoms with van der Waals surface area (Å²) < 4.78 is 37.7. The Labute approximate surface area is 102 Å². The molecule has 0 amide bonds. The van der Waals surface area contributed by atoms with E-state index in [1.165, 1.54) is 11.1 Å². The molecule has 1 aromatic carbocycles. The van der Waals surface area contributed by atoms with Crippen LogP contribution in [0, 0.1) is 11.3 Å². The van der Waals surface area contributed by atoms with Crippen molar-refractivity contribution in [2.24, 2.45) is 5.10 Å². The zero-order valence-corrected chi connectivity index (χ0v) is 9.57. The van der Waals surface area contributed by atoms with E-state index in [0.29, 0.717) is 11.3 Å². The van der Waals surface area contributed by atoms with E-state index in [0.717, 1.165) is 0 Å². The zero-order chi connectivity index (χ0) is 13.3. The van der Waals surface area contributed by atoms with Crippen molar-refractivity contribution < 1.29 is 13.2 Å². The number of anilines is 1. The molecular weight excluding hydrogens is 243 g/mol. The van der Waals surface area contributed by atoms with Crippen molar-refractivity contribution in [2.75, 3.05) is 5.01 Å². The maximum atomic E-state index is 12.6. The standard InChI is InChI=1S/C12H10F3N3/c1-8-5-11(12(13,14)15)17-18(8)10-4-2-3-9(6-10)7-16/h2-4,6,8H,5H2,1H3. The lowest BCUT2D eigenvalue weighted by atomic mass is 10.1. The molecule has 0 aliphatic carbocycles. The first kappa shape index (κ1) is 12.4. The van der Waals surface area contributed by atoms with Crippen molar-refractivity contribution >= 4 is 11.4 Å². The third kappa shape index (κ3) is 2.30. The van der Waals surface area contributed by atoms with Crippen molar-refractivity contribution in [3.8, 4) is 6.07 Å². The number of hydrazone groups is 1. The molecule has 0 saturated heterocycles. The highest BCUT2D eigenvalue weighted by Gasteiger charge is 2.41. The van der Waals surface area contributed by atoms with Crippen molar-refractivity contribution in [1.29, 1.82) is 5.26 Å². The van der Waals surface area contributed by atoms with Gasteiger partial charge in [-0.05, 0) is 25.1 Å². The maximum absolute atomic E-state index is 12.6. The van der Waals surface area contributed by atoms with E-state index in [2.05, 4.69) is 5.10 Å². The Morgan fingerprint density at radius 3 is 2.72 bits per heavy atom. The highest BCUT2D eigenvalue weighted by atomic mass is 19.4. The molecule has 0 spiro atoms. The van der Waals surface area contributed by atoms with Gasteiger partial charge in [-0.2, -0.15) is 23.5 Å². The first-order valence-electron chi connectivity index (χ1n) is 5.36. The molecule has 3 nitrogen and oxygen atoms in total. The molecule has 1 aliphatic rings. The first-order chi connectivity index (χ1) is 8.41. The summed E-state index contributed by atoms with van der Waals surface area (Å²) in [5, 5.41) is 13.7. The molecule has 6 heteroatoms. The normalized spacial score (nSPS) is 19.6. The number of halogens is 3. The molecule has 2 rings (SSSR count). The Bertz CT molecular complexity index is 528. The molecule has 94 valence electrons. The lowest BCUT2D eigenvalue weighted by Crippen LogP contribution is -2.24. The predicted molar refractivity (Wildman–Crippen MR) is 61.2 cm³/mol. The number of benzene rings is 1. The van der Waals surface area contributed by atoms with Gasteiger partial charge in [-0.1, -0.05) is 6.07 Å². The molecule has 0 bridgehead atoms. The van der Waals surface area contributed by atoms with Crippen LogP contribution in [0.4, 0.5) is 18.9 Å². The number of hydrogen-bond donors (Lipinski definition) is 0. The number of hydrogen-bond acceptors (Lipinski definition) is 3. The second kappa shape index (κ2) is 4.33. The number of nitrogens with zero attached hydrogens (tertiary/aromatic N) is 3.